The number of hydrogen-bond donors (Lipinski definition) is 2. The molecule has 172 valence electrons. The van der Waals surface area contributed by atoms with Gasteiger partial charge in [0.15, 0.2) is 0 Å². The number of halogens is 1. The van der Waals surface area contributed by atoms with E-state index in [-0.39, 0.29) is 12.4 Å². The lowest BCUT2D eigenvalue weighted by Gasteiger charge is -2.22. The van der Waals surface area contributed by atoms with Gasteiger partial charge in [-0.25, -0.2) is 0 Å². The Balaban J connectivity index is 0.000000821. The molecule has 4 aromatic rings. The van der Waals surface area contributed by atoms with E-state index in [0.29, 0.717) is 23.0 Å². The Kier molecular flexibility index (Phi) is 7.35. The van der Waals surface area contributed by atoms with E-state index in [2.05, 4.69) is 16.0 Å². The molecule has 0 unspecified atom stereocenters. The summed E-state index contributed by atoms with van der Waals surface area (Å²) in [4.78, 5) is 21.5. The largest absolute Gasteiger partial charge is 0.483 e. The third-order valence-corrected chi connectivity index (χ3v) is 6.37. The molecular formula is C26H27ClN2O4. The van der Waals surface area contributed by atoms with Gasteiger partial charge in [-0.1, -0.05) is 49.1 Å². The lowest BCUT2D eigenvalue weighted by atomic mass is 9.89. The van der Waals surface area contributed by atoms with Gasteiger partial charge in [-0.05, 0) is 49.1 Å². The molecule has 2 N–H and O–H groups in total. The highest BCUT2D eigenvalue weighted by Crippen LogP contribution is 2.28. The molecule has 1 fully saturated rings. The standard InChI is InChI=1S/C25H25ClN2O2.CH2O2/c26-20-12-19-10-11-28(16-21-13-18-8-4-5-9-23(18)30-21)24(19)22(14-20)25(29)27-15-17-6-2-1-3-7-17;2-1-3/h4-5,8-14,17H,1-3,6-7,15-16H2,(H,27,29);1H,(H,2,3). The number of rotatable bonds is 5. The molecule has 5 rings (SSSR count). The summed E-state index contributed by atoms with van der Waals surface area (Å²) < 4.78 is 8.06. The van der Waals surface area contributed by atoms with Crippen molar-refractivity contribution in [3.8, 4) is 0 Å². The fourth-order valence-corrected chi connectivity index (χ4v) is 4.85. The number of carbonyl (C=O) groups is 2. The molecule has 1 saturated carbocycles. The first-order chi connectivity index (χ1) is 16.1. The molecule has 0 saturated heterocycles. The smallest absolute Gasteiger partial charge is 0.290 e. The second-order valence-electron chi connectivity index (χ2n) is 8.40. The minimum absolute atomic E-state index is 0.0578. The number of nitrogens with zero attached hydrogens (tertiary/aromatic N) is 1. The summed E-state index contributed by atoms with van der Waals surface area (Å²) >= 11 is 6.33. The van der Waals surface area contributed by atoms with Gasteiger partial charge in [0.25, 0.3) is 12.4 Å². The van der Waals surface area contributed by atoms with Crippen LogP contribution in [0.25, 0.3) is 21.9 Å². The van der Waals surface area contributed by atoms with Crippen LogP contribution < -0.4 is 5.32 Å². The molecule has 2 heterocycles. The van der Waals surface area contributed by atoms with E-state index in [0.717, 1.165) is 34.2 Å². The summed E-state index contributed by atoms with van der Waals surface area (Å²) in [5.74, 6) is 1.38. The van der Waals surface area contributed by atoms with Crippen LogP contribution in [0.15, 0.2) is 59.1 Å². The van der Waals surface area contributed by atoms with Gasteiger partial charge in [0, 0.05) is 28.5 Å². The first-order valence-electron chi connectivity index (χ1n) is 11.2. The van der Waals surface area contributed by atoms with E-state index >= 15 is 0 Å². The molecule has 2 aromatic carbocycles. The van der Waals surface area contributed by atoms with Crippen LogP contribution >= 0.6 is 11.6 Å². The van der Waals surface area contributed by atoms with Gasteiger partial charge in [-0.15, -0.1) is 0 Å². The minimum Gasteiger partial charge on any atom is -0.483 e. The van der Waals surface area contributed by atoms with Crippen LogP contribution in [0, 0.1) is 5.92 Å². The molecule has 0 aliphatic heterocycles. The quantitative estimate of drug-likeness (QED) is 0.348. The van der Waals surface area contributed by atoms with Crippen LogP contribution in [-0.4, -0.2) is 28.6 Å². The van der Waals surface area contributed by atoms with E-state index in [1.54, 1.807) is 6.07 Å². The number of nitrogens with one attached hydrogen (secondary N) is 1. The number of aromatic nitrogens is 1. The summed E-state index contributed by atoms with van der Waals surface area (Å²) in [6, 6.07) is 15.7. The predicted molar refractivity (Wildman–Crippen MR) is 130 cm³/mol. The number of para-hydroxylation sites is 1. The fourth-order valence-electron chi connectivity index (χ4n) is 4.62. The van der Waals surface area contributed by atoms with Crippen LogP contribution in [0.4, 0.5) is 0 Å². The molecule has 0 bridgehead atoms. The maximum atomic E-state index is 13.1. The van der Waals surface area contributed by atoms with Crippen molar-refractivity contribution < 1.29 is 19.1 Å². The Labute approximate surface area is 197 Å². The second kappa shape index (κ2) is 10.6. The van der Waals surface area contributed by atoms with Crippen LogP contribution in [0.5, 0.6) is 0 Å². The van der Waals surface area contributed by atoms with Gasteiger partial charge < -0.3 is 19.4 Å². The normalized spacial score (nSPS) is 14.1. The van der Waals surface area contributed by atoms with Gasteiger partial charge in [0.2, 0.25) is 0 Å². The van der Waals surface area contributed by atoms with Crippen LogP contribution in [-0.2, 0) is 11.3 Å². The third-order valence-electron chi connectivity index (χ3n) is 6.15. The maximum Gasteiger partial charge on any atom is 0.290 e. The number of furan rings is 1. The Morgan fingerprint density at radius 3 is 2.64 bits per heavy atom. The number of benzene rings is 2. The lowest BCUT2D eigenvalue weighted by molar-refractivity contribution is -0.122. The van der Waals surface area contributed by atoms with Gasteiger partial charge in [0.1, 0.15) is 11.3 Å². The highest BCUT2D eigenvalue weighted by atomic mass is 35.5. The summed E-state index contributed by atoms with van der Waals surface area (Å²) in [5.41, 5.74) is 2.38. The number of carboxylic acid groups (broad SMARTS) is 1. The third kappa shape index (κ3) is 5.40. The molecule has 1 aliphatic rings. The van der Waals surface area contributed by atoms with E-state index < -0.39 is 0 Å². The van der Waals surface area contributed by atoms with Crippen molar-refractivity contribution in [1.82, 2.24) is 9.88 Å². The topological polar surface area (TPSA) is 84.5 Å². The number of fused-ring (bicyclic) bond motifs is 2. The molecule has 33 heavy (non-hydrogen) atoms. The highest BCUT2D eigenvalue weighted by Gasteiger charge is 2.19. The summed E-state index contributed by atoms with van der Waals surface area (Å²) in [7, 11) is 0. The van der Waals surface area contributed by atoms with Gasteiger partial charge in [-0.2, -0.15) is 0 Å². The Morgan fingerprint density at radius 2 is 1.88 bits per heavy atom. The van der Waals surface area contributed by atoms with E-state index in [1.165, 1.54) is 32.1 Å². The number of carbonyl (C=O) groups excluding carboxylic acids is 1. The monoisotopic (exact) mass is 466 g/mol. The Bertz CT molecular complexity index is 1220. The van der Waals surface area contributed by atoms with Crippen molar-refractivity contribution in [3.05, 3.63) is 71.1 Å². The van der Waals surface area contributed by atoms with Crippen molar-refractivity contribution in [2.45, 2.75) is 38.6 Å². The zero-order valence-corrected chi connectivity index (χ0v) is 19.1. The second-order valence-corrected chi connectivity index (χ2v) is 8.84. The minimum atomic E-state index is -0.250. The zero-order valence-electron chi connectivity index (χ0n) is 18.3. The molecule has 0 atom stereocenters. The first-order valence-corrected chi connectivity index (χ1v) is 11.6. The molecule has 6 nitrogen and oxygen atoms in total. The fraction of sp³-hybridized carbons (Fsp3) is 0.308. The molecular weight excluding hydrogens is 440 g/mol. The van der Waals surface area contributed by atoms with Crippen molar-refractivity contribution in [2.24, 2.45) is 5.92 Å². The summed E-state index contributed by atoms with van der Waals surface area (Å²) in [6.45, 7) is 1.04. The lowest BCUT2D eigenvalue weighted by Crippen LogP contribution is -2.30. The number of amides is 1. The average Bonchev–Trinajstić information content (AvgIpc) is 3.41. The molecule has 1 amide bonds. The average molecular weight is 467 g/mol. The van der Waals surface area contributed by atoms with Crippen molar-refractivity contribution in [2.75, 3.05) is 6.54 Å². The molecule has 0 spiro atoms. The molecule has 0 radical (unpaired) electrons. The van der Waals surface area contributed by atoms with Gasteiger partial charge in [-0.3, -0.25) is 9.59 Å². The van der Waals surface area contributed by atoms with Crippen LogP contribution in [0.2, 0.25) is 5.02 Å². The Hall–Kier alpha value is -3.25. The molecule has 1 aliphatic carbocycles. The molecule has 2 aromatic heterocycles. The van der Waals surface area contributed by atoms with Crippen molar-refractivity contribution >= 4 is 45.9 Å². The number of hydrogen-bond acceptors (Lipinski definition) is 3. The molecule has 7 heteroatoms. The summed E-state index contributed by atoms with van der Waals surface area (Å²) in [5, 5.41) is 12.7. The van der Waals surface area contributed by atoms with Crippen molar-refractivity contribution in [1.29, 1.82) is 0 Å². The first kappa shape index (κ1) is 22.9. The van der Waals surface area contributed by atoms with Gasteiger partial charge in [0.05, 0.1) is 17.6 Å². The summed E-state index contributed by atoms with van der Waals surface area (Å²) in [6.07, 6.45) is 8.24. The highest BCUT2D eigenvalue weighted by molar-refractivity contribution is 6.32. The Morgan fingerprint density at radius 1 is 1.12 bits per heavy atom. The maximum absolute atomic E-state index is 13.1. The predicted octanol–water partition coefficient (Wildman–Crippen LogP) is 6.10. The van der Waals surface area contributed by atoms with E-state index in [4.69, 9.17) is 25.9 Å². The van der Waals surface area contributed by atoms with E-state index in [9.17, 15) is 4.79 Å². The van der Waals surface area contributed by atoms with Crippen LogP contribution in [0.3, 0.4) is 0 Å². The van der Waals surface area contributed by atoms with Crippen molar-refractivity contribution in [3.63, 3.8) is 0 Å². The van der Waals surface area contributed by atoms with Gasteiger partial charge >= 0.3 is 0 Å². The SMILES string of the molecule is O=C(NCC1CCCCC1)c1cc(Cl)cc2ccn(Cc3cc4ccccc4o3)c12.O=CO. The zero-order chi connectivity index (χ0) is 23.2. The van der Waals surface area contributed by atoms with Crippen LogP contribution in [0.1, 0.15) is 48.2 Å². The van der Waals surface area contributed by atoms with E-state index in [1.807, 2.05) is 42.6 Å².